The van der Waals surface area contributed by atoms with Crippen molar-refractivity contribution in [3.8, 4) is 5.75 Å². The van der Waals surface area contributed by atoms with Gasteiger partial charge in [-0.25, -0.2) is 9.82 Å². The SMILES string of the molecule is O=C(COc1ccc(C=NNC(=O)c2ccc(Cl)cc2)cc1)Nc1ccccc1F. The zero-order chi connectivity index (χ0) is 21.3. The highest BCUT2D eigenvalue weighted by molar-refractivity contribution is 6.30. The van der Waals surface area contributed by atoms with Crippen LogP contribution in [0.1, 0.15) is 15.9 Å². The van der Waals surface area contributed by atoms with Crippen LogP contribution in [0.3, 0.4) is 0 Å². The Labute approximate surface area is 177 Å². The monoisotopic (exact) mass is 425 g/mol. The normalized spacial score (nSPS) is 10.6. The summed E-state index contributed by atoms with van der Waals surface area (Å²) in [7, 11) is 0. The summed E-state index contributed by atoms with van der Waals surface area (Å²) in [6.07, 6.45) is 1.47. The molecule has 8 heteroatoms. The largest absolute Gasteiger partial charge is 0.484 e. The van der Waals surface area contributed by atoms with E-state index in [0.717, 1.165) is 5.56 Å². The highest BCUT2D eigenvalue weighted by Crippen LogP contribution is 2.14. The number of anilines is 1. The highest BCUT2D eigenvalue weighted by atomic mass is 35.5. The average Bonchev–Trinajstić information content (AvgIpc) is 2.75. The van der Waals surface area contributed by atoms with Crippen LogP contribution in [0.25, 0.3) is 0 Å². The topological polar surface area (TPSA) is 79.8 Å². The molecule has 0 aromatic heterocycles. The third-order valence-electron chi connectivity index (χ3n) is 3.88. The fraction of sp³-hybridized carbons (Fsp3) is 0.0455. The zero-order valence-electron chi connectivity index (χ0n) is 15.6. The molecule has 3 aromatic carbocycles. The molecule has 6 nitrogen and oxygen atoms in total. The summed E-state index contributed by atoms with van der Waals surface area (Å²) in [6.45, 7) is -0.265. The first-order chi connectivity index (χ1) is 14.5. The maximum atomic E-state index is 13.5. The zero-order valence-corrected chi connectivity index (χ0v) is 16.4. The van der Waals surface area contributed by atoms with E-state index in [4.69, 9.17) is 16.3 Å². The van der Waals surface area contributed by atoms with Gasteiger partial charge in [-0.05, 0) is 66.2 Å². The molecule has 0 atom stereocenters. The summed E-state index contributed by atoms with van der Waals surface area (Å²) in [5, 5.41) is 6.88. The van der Waals surface area contributed by atoms with Crippen LogP contribution in [0.15, 0.2) is 77.9 Å². The molecule has 3 aromatic rings. The molecular weight excluding hydrogens is 409 g/mol. The number of carbonyl (C=O) groups excluding carboxylic acids is 2. The molecule has 0 aliphatic heterocycles. The molecule has 0 radical (unpaired) electrons. The lowest BCUT2D eigenvalue weighted by atomic mass is 10.2. The summed E-state index contributed by atoms with van der Waals surface area (Å²) in [5.41, 5.74) is 3.67. The summed E-state index contributed by atoms with van der Waals surface area (Å²) in [4.78, 5) is 23.8. The maximum Gasteiger partial charge on any atom is 0.271 e. The van der Waals surface area contributed by atoms with Gasteiger partial charge in [0.2, 0.25) is 0 Å². The van der Waals surface area contributed by atoms with Crippen molar-refractivity contribution in [3.63, 3.8) is 0 Å². The number of para-hydroxylation sites is 1. The molecule has 0 bridgehead atoms. The molecule has 0 saturated heterocycles. The van der Waals surface area contributed by atoms with Crippen molar-refractivity contribution in [1.82, 2.24) is 5.43 Å². The maximum absolute atomic E-state index is 13.5. The minimum absolute atomic E-state index is 0.0957. The van der Waals surface area contributed by atoms with Gasteiger partial charge in [-0.15, -0.1) is 0 Å². The number of rotatable bonds is 7. The number of ether oxygens (including phenoxy) is 1. The molecule has 0 aliphatic carbocycles. The number of carbonyl (C=O) groups is 2. The predicted molar refractivity (Wildman–Crippen MR) is 113 cm³/mol. The Balaban J connectivity index is 1.47. The van der Waals surface area contributed by atoms with E-state index in [9.17, 15) is 14.0 Å². The summed E-state index contributed by atoms with van der Waals surface area (Å²) >= 11 is 5.79. The number of hydrazone groups is 1. The van der Waals surface area contributed by atoms with Gasteiger partial charge >= 0.3 is 0 Å². The van der Waals surface area contributed by atoms with Crippen LogP contribution < -0.4 is 15.5 Å². The quantitative estimate of drug-likeness (QED) is 0.438. The van der Waals surface area contributed by atoms with E-state index in [0.29, 0.717) is 16.3 Å². The first kappa shape index (κ1) is 21.0. The van der Waals surface area contributed by atoms with Gasteiger partial charge in [0.15, 0.2) is 6.61 Å². The average molecular weight is 426 g/mol. The Morgan fingerprint density at radius 3 is 2.40 bits per heavy atom. The van der Waals surface area contributed by atoms with Gasteiger partial charge in [-0.1, -0.05) is 23.7 Å². The third-order valence-corrected chi connectivity index (χ3v) is 4.14. The number of hydrogen-bond donors (Lipinski definition) is 2. The van der Waals surface area contributed by atoms with E-state index in [1.807, 2.05) is 0 Å². The second kappa shape index (κ2) is 10.2. The summed E-state index contributed by atoms with van der Waals surface area (Å²) < 4.78 is 18.9. The molecule has 0 saturated carbocycles. The Bertz CT molecular complexity index is 1050. The van der Waals surface area contributed by atoms with E-state index in [1.54, 1.807) is 54.6 Å². The van der Waals surface area contributed by atoms with Gasteiger partial charge in [0, 0.05) is 10.6 Å². The van der Waals surface area contributed by atoms with Crippen LogP contribution in [0.4, 0.5) is 10.1 Å². The van der Waals surface area contributed by atoms with Crippen molar-refractivity contribution >= 4 is 35.3 Å². The lowest BCUT2D eigenvalue weighted by Gasteiger charge is -2.08. The fourth-order valence-electron chi connectivity index (χ4n) is 2.38. The van der Waals surface area contributed by atoms with E-state index in [-0.39, 0.29) is 18.2 Å². The molecule has 0 heterocycles. The van der Waals surface area contributed by atoms with Crippen LogP contribution in [0, 0.1) is 5.82 Å². The van der Waals surface area contributed by atoms with Crippen molar-refractivity contribution in [3.05, 3.63) is 94.8 Å². The van der Waals surface area contributed by atoms with Crippen molar-refractivity contribution in [2.45, 2.75) is 0 Å². The Hall–Kier alpha value is -3.71. The summed E-state index contributed by atoms with van der Waals surface area (Å²) in [6, 6.07) is 19.0. The van der Waals surface area contributed by atoms with Crippen LogP contribution in [0.2, 0.25) is 5.02 Å². The molecule has 0 fully saturated rings. The van der Waals surface area contributed by atoms with Crippen molar-refractivity contribution in [1.29, 1.82) is 0 Å². The summed E-state index contributed by atoms with van der Waals surface area (Å²) in [5.74, 6) is -0.891. The Kier molecular flexibility index (Phi) is 7.13. The molecule has 30 heavy (non-hydrogen) atoms. The molecule has 152 valence electrons. The lowest BCUT2D eigenvalue weighted by Crippen LogP contribution is -2.20. The second-order valence-corrected chi connectivity index (χ2v) is 6.53. The van der Waals surface area contributed by atoms with Gasteiger partial charge in [0.25, 0.3) is 11.8 Å². The van der Waals surface area contributed by atoms with Crippen molar-refractivity contribution in [2.24, 2.45) is 5.10 Å². The minimum atomic E-state index is -0.516. The number of halogens is 2. The van der Waals surface area contributed by atoms with Gasteiger partial charge < -0.3 is 10.1 Å². The molecule has 0 spiro atoms. The fourth-order valence-corrected chi connectivity index (χ4v) is 2.51. The second-order valence-electron chi connectivity index (χ2n) is 6.09. The number of amides is 2. The first-order valence-electron chi connectivity index (χ1n) is 8.87. The molecular formula is C22H17ClFN3O3. The predicted octanol–water partition coefficient (Wildman–Crippen LogP) is 4.26. The van der Waals surface area contributed by atoms with Gasteiger partial charge in [0.05, 0.1) is 11.9 Å². The van der Waals surface area contributed by atoms with E-state index >= 15 is 0 Å². The highest BCUT2D eigenvalue weighted by Gasteiger charge is 2.07. The lowest BCUT2D eigenvalue weighted by molar-refractivity contribution is -0.118. The molecule has 0 unspecified atom stereocenters. The van der Waals surface area contributed by atoms with Crippen LogP contribution >= 0.6 is 11.6 Å². The minimum Gasteiger partial charge on any atom is -0.484 e. The number of hydrogen-bond acceptors (Lipinski definition) is 4. The molecule has 3 rings (SSSR count). The molecule has 2 amide bonds. The number of nitrogens with zero attached hydrogens (tertiary/aromatic N) is 1. The van der Waals surface area contributed by atoms with Gasteiger partial charge in [0.1, 0.15) is 11.6 Å². The van der Waals surface area contributed by atoms with Crippen LogP contribution in [-0.4, -0.2) is 24.6 Å². The van der Waals surface area contributed by atoms with E-state index < -0.39 is 11.7 Å². The Morgan fingerprint density at radius 2 is 1.70 bits per heavy atom. The standard InChI is InChI=1S/C22H17ClFN3O3/c23-17-9-7-16(8-10-17)22(29)27-25-13-15-5-11-18(12-6-15)30-14-21(28)26-20-4-2-1-3-19(20)24/h1-13H,14H2,(H,26,28)(H,27,29). The smallest absolute Gasteiger partial charge is 0.271 e. The molecule has 2 N–H and O–H groups in total. The van der Waals surface area contributed by atoms with Gasteiger partial charge in [-0.2, -0.15) is 5.10 Å². The van der Waals surface area contributed by atoms with Crippen LogP contribution in [0.5, 0.6) is 5.75 Å². The Morgan fingerprint density at radius 1 is 1.00 bits per heavy atom. The first-order valence-corrected chi connectivity index (χ1v) is 9.25. The third kappa shape index (κ3) is 6.15. The van der Waals surface area contributed by atoms with E-state index in [1.165, 1.54) is 24.4 Å². The molecule has 0 aliphatic rings. The van der Waals surface area contributed by atoms with Crippen molar-refractivity contribution in [2.75, 3.05) is 11.9 Å². The number of benzene rings is 3. The van der Waals surface area contributed by atoms with E-state index in [2.05, 4.69) is 15.8 Å². The van der Waals surface area contributed by atoms with Crippen LogP contribution in [-0.2, 0) is 4.79 Å². The van der Waals surface area contributed by atoms with Crippen molar-refractivity contribution < 1.29 is 18.7 Å². The van der Waals surface area contributed by atoms with Gasteiger partial charge in [-0.3, -0.25) is 9.59 Å². The number of nitrogens with one attached hydrogen (secondary N) is 2.